The fraction of sp³-hybridized carbons (Fsp3) is 0.632. The first-order valence-corrected chi connectivity index (χ1v) is 8.75. The highest BCUT2D eigenvalue weighted by atomic mass is 16.5. The minimum absolute atomic E-state index is 0.0171. The summed E-state index contributed by atoms with van der Waals surface area (Å²) >= 11 is 0. The summed E-state index contributed by atoms with van der Waals surface area (Å²) < 4.78 is 5.69. The highest BCUT2D eigenvalue weighted by Gasteiger charge is 2.49. The van der Waals surface area contributed by atoms with Crippen molar-refractivity contribution in [1.29, 1.82) is 5.26 Å². The molecule has 2 N–H and O–H groups in total. The number of aryl methyl sites for hydroxylation is 1. The Labute approximate surface area is 148 Å². The van der Waals surface area contributed by atoms with Gasteiger partial charge in [-0.1, -0.05) is 13.8 Å². The molecule has 1 heterocycles. The Hall–Kier alpha value is -2.13. The van der Waals surface area contributed by atoms with Crippen molar-refractivity contribution in [3.8, 4) is 6.07 Å². The third kappa shape index (κ3) is 3.77. The van der Waals surface area contributed by atoms with Gasteiger partial charge in [0.15, 0.2) is 0 Å². The van der Waals surface area contributed by atoms with Crippen LogP contribution in [0.1, 0.15) is 56.0 Å². The zero-order valence-corrected chi connectivity index (χ0v) is 15.7. The number of H-pyrrole nitrogens is 1. The van der Waals surface area contributed by atoms with Crippen LogP contribution in [0.25, 0.3) is 0 Å². The summed E-state index contributed by atoms with van der Waals surface area (Å²) in [4.78, 5) is 26.8. The first-order valence-electron chi connectivity index (χ1n) is 8.75. The largest absolute Gasteiger partial charge is 0.378 e. The van der Waals surface area contributed by atoms with Crippen LogP contribution in [-0.4, -0.2) is 29.6 Å². The molecule has 6 nitrogen and oxygen atoms in total. The van der Waals surface area contributed by atoms with Crippen molar-refractivity contribution in [3.63, 3.8) is 0 Å². The van der Waals surface area contributed by atoms with Gasteiger partial charge >= 0.3 is 0 Å². The first kappa shape index (κ1) is 19.2. The van der Waals surface area contributed by atoms with Crippen molar-refractivity contribution in [1.82, 2.24) is 10.3 Å². The maximum Gasteiger partial charge on any atom is 0.266 e. The van der Waals surface area contributed by atoms with Crippen molar-refractivity contribution >= 4 is 5.91 Å². The molecule has 0 saturated heterocycles. The molecule has 1 aliphatic carbocycles. The smallest absolute Gasteiger partial charge is 0.266 e. The predicted molar refractivity (Wildman–Crippen MR) is 95.3 cm³/mol. The van der Waals surface area contributed by atoms with Gasteiger partial charge in [-0.05, 0) is 44.7 Å². The Balaban J connectivity index is 1.98. The average molecular weight is 345 g/mol. The van der Waals surface area contributed by atoms with Crippen molar-refractivity contribution in [2.75, 3.05) is 6.61 Å². The van der Waals surface area contributed by atoms with Crippen LogP contribution in [0.5, 0.6) is 0 Å². The van der Waals surface area contributed by atoms with E-state index in [1.807, 2.05) is 13.0 Å². The van der Waals surface area contributed by atoms with E-state index >= 15 is 0 Å². The van der Waals surface area contributed by atoms with Crippen molar-refractivity contribution in [2.45, 2.75) is 66.0 Å². The average Bonchev–Trinajstić information content (AvgIpc) is 2.53. The molecule has 1 aliphatic rings. The summed E-state index contributed by atoms with van der Waals surface area (Å²) in [6.07, 6.45) is 1.84. The van der Waals surface area contributed by atoms with Gasteiger partial charge in [-0.25, -0.2) is 0 Å². The molecule has 25 heavy (non-hydrogen) atoms. The number of nitriles is 1. The first-order chi connectivity index (χ1) is 11.7. The lowest BCUT2D eigenvalue weighted by atomic mass is 9.64. The number of amides is 1. The molecule has 0 spiro atoms. The summed E-state index contributed by atoms with van der Waals surface area (Å²) in [5, 5.41) is 12.2. The second kappa shape index (κ2) is 7.40. The van der Waals surface area contributed by atoms with Crippen molar-refractivity contribution in [3.05, 3.63) is 32.7 Å². The summed E-state index contributed by atoms with van der Waals surface area (Å²) in [6.45, 7) is 10.4. The summed E-state index contributed by atoms with van der Waals surface area (Å²) in [5.41, 5.74) is 1.94. The lowest BCUT2D eigenvalue weighted by molar-refractivity contribution is -0.136. The second-order valence-electron chi connectivity index (χ2n) is 7.29. The molecule has 0 bridgehead atoms. The van der Waals surface area contributed by atoms with Crippen LogP contribution in [-0.2, 0) is 16.0 Å². The summed E-state index contributed by atoms with van der Waals surface area (Å²) in [6, 6.07) is 2.05. The third-order valence-corrected chi connectivity index (χ3v) is 5.40. The zero-order chi connectivity index (χ0) is 18.8. The van der Waals surface area contributed by atoms with Crippen molar-refractivity contribution in [2.24, 2.45) is 5.41 Å². The Kier molecular flexibility index (Phi) is 5.69. The normalized spacial score (nSPS) is 21.3. The topological polar surface area (TPSA) is 95.0 Å². The second-order valence-corrected chi connectivity index (χ2v) is 7.29. The monoisotopic (exact) mass is 345 g/mol. The van der Waals surface area contributed by atoms with Gasteiger partial charge in [0, 0.05) is 30.2 Å². The molecule has 6 heteroatoms. The van der Waals surface area contributed by atoms with E-state index in [0.29, 0.717) is 25.0 Å². The van der Waals surface area contributed by atoms with E-state index < -0.39 is 0 Å². The van der Waals surface area contributed by atoms with Gasteiger partial charge in [-0.2, -0.15) is 5.26 Å². The predicted octanol–water partition coefficient (Wildman–Crippen LogP) is 2.12. The van der Waals surface area contributed by atoms with Crippen LogP contribution in [0.2, 0.25) is 0 Å². The molecular weight excluding hydrogens is 318 g/mol. The molecule has 1 saturated carbocycles. The molecule has 1 amide bonds. The number of carbonyl (C=O) groups excluding carboxylic acids is 1. The van der Waals surface area contributed by atoms with E-state index in [0.717, 1.165) is 17.7 Å². The minimum atomic E-state index is -0.371. The number of carbonyl (C=O) groups is 1. The highest BCUT2D eigenvalue weighted by molar-refractivity contribution is 5.77. The maximum atomic E-state index is 12.3. The van der Waals surface area contributed by atoms with E-state index in [4.69, 9.17) is 10.00 Å². The lowest BCUT2D eigenvalue weighted by Crippen LogP contribution is -2.62. The number of nitrogens with one attached hydrogen (secondary N) is 2. The molecular formula is C19H27N3O3. The fourth-order valence-corrected chi connectivity index (χ4v) is 3.54. The van der Waals surface area contributed by atoms with Gasteiger partial charge in [0.2, 0.25) is 5.91 Å². The van der Waals surface area contributed by atoms with Gasteiger partial charge in [-0.15, -0.1) is 0 Å². The number of pyridine rings is 1. The van der Waals surface area contributed by atoms with E-state index in [1.165, 1.54) is 0 Å². The summed E-state index contributed by atoms with van der Waals surface area (Å²) in [5.74, 6) is -0.0171. The Morgan fingerprint density at radius 2 is 2.12 bits per heavy atom. The Bertz CT molecular complexity index is 758. The van der Waals surface area contributed by atoms with Gasteiger partial charge in [0.25, 0.3) is 5.56 Å². The van der Waals surface area contributed by atoms with Crippen LogP contribution >= 0.6 is 0 Å². The quantitative estimate of drug-likeness (QED) is 0.825. The molecule has 1 fully saturated rings. The number of ether oxygens (including phenoxy) is 1. The van der Waals surface area contributed by atoms with Gasteiger partial charge in [0.1, 0.15) is 11.6 Å². The van der Waals surface area contributed by atoms with Gasteiger partial charge in [-0.3, -0.25) is 9.59 Å². The number of rotatable bonds is 6. The molecule has 0 unspecified atom stereocenters. The SMILES string of the molecule is CCO[C@@H]1C[C@H](NC(=O)CCc2c(C)[nH]c(=O)c(C#N)c2C)C1(C)C. The maximum absolute atomic E-state index is 12.3. The van der Waals surface area contributed by atoms with Gasteiger partial charge in [0.05, 0.1) is 6.10 Å². The van der Waals surface area contributed by atoms with Crippen molar-refractivity contribution < 1.29 is 9.53 Å². The molecule has 1 aromatic rings. The molecule has 136 valence electrons. The van der Waals surface area contributed by atoms with Crippen LogP contribution < -0.4 is 10.9 Å². The molecule has 2 atom stereocenters. The molecule has 0 radical (unpaired) electrons. The lowest BCUT2D eigenvalue weighted by Gasteiger charge is -2.51. The van der Waals surface area contributed by atoms with E-state index in [9.17, 15) is 9.59 Å². The van der Waals surface area contributed by atoms with Crippen LogP contribution in [0.15, 0.2) is 4.79 Å². The molecule has 0 aromatic carbocycles. The third-order valence-electron chi connectivity index (χ3n) is 5.40. The van der Waals surface area contributed by atoms with E-state index in [1.54, 1.807) is 13.8 Å². The number of aromatic nitrogens is 1. The Morgan fingerprint density at radius 3 is 2.68 bits per heavy atom. The molecule has 1 aromatic heterocycles. The van der Waals surface area contributed by atoms with Gasteiger partial charge < -0.3 is 15.0 Å². The van der Waals surface area contributed by atoms with E-state index in [-0.39, 0.29) is 34.6 Å². The molecule has 0 aliphatic heterocycles. The summed E-state index contributed by atoms with van der Waals surface area (Å²) in [7, 11) is 0. The molecule has 2 rings (SSSR count). The number of nitrogens with zero attached hydrogens (tertiary/aromatic N) is 1. The van der Waals surface area contributed by atoms with Crippen LogP contribution in [0.3, 0.4) is 0 Å². The Morgan fingerprint density at radius 1 is 1.44 bits per heavy atom. The number of aromatic amines is 1. The van der Waals surface area contributed by atoms with E-state index in [2.05, 4.69) is 24.1 Å². The number of hydrogen-bond acceptors (Lipinski definition) is 4. The van der Waals surface area contributed by atoms with Crippen LogP contribution in [0.4, 0.5) is 0 Å². The zero-order valence-electron chi connectivity index (χ0n) is 15.7. The standard InChI is InChI=1S/C19H27N3O3/c1-6-25-16-9-15(19(16,4)5)22-17(23)8-7-13-11(2)14(10-20)18(24)21-12(13)3/h15-16H,6-9H2,1-5H3,(H,21,24)(H,22,23)/t15-,16+/m0/s1. The van der Waals surface area contributed by atoms with Crippen LogP contribution in [0, 0.1) is 30.6 Å². The highest BCUT2D eigenvalue weighted by Crippen LogP contribution is 2.42. The fourth-order valence-electron chi connectivity index (χ4n) is 3.54. The minimum Gasteiger partial charge on any atom is -0.378 e. The number of hydrogen-bond donors (Lipinski definition) is 2.